The van der Waals surface area contributed by atoms with Crippen molar-refractivity contribution in [1.82, 2.24) is 0 Å². The van der Waals surface area contributed by atoms with Crippen molar-refractivity contribution >= 4 is 17.8 Å². The number of thioether (sulfide) groups is 1. The monoisotopic (exact) mass is 244 g/mol. The first-order valence-corrected chi connectivity index (χ1v) is 6.47. The van der Waals surface area contributed by atoms with Gasteiger partial charge in [0, 0.05) is 5.75 Å². The van der Waals surface area contributed by atoms with E-state index in [1.165, 1.54) is 17.7 Å². The van der Waals surface area contributed by atoms with Gasteiger partial charge in [0.2, 0.25) is 0 Å². The molecule has 86 valence electrons. The van der Waals surface area contributed by atoms with Gasteiger partial charge in [-0.05, 0) is 34.7 Å². The number of benzene rings is 2. The van der Waals surface area contributed by atoms with Crippen molar-refractivity contribution in [3.63, 3.8) is 0 Å². The lowest BCUT2D eigenvalue weighted by Gasteiger charge is -1.96. The molecule has 2 heteroatoms. The molecule has 0 unspecified atom stereocenters. The van der Waals surface area contributed by atoms with Crippen LogP contribution in [-0.2, 0) is 5.75 Å². The summed E-state index contributed by atoms with van der Waals surface area (Å²) < 4.78 is 12.7. The van der Waals surface area contributed by atoms with E-state index in [0.717, 1.165) is 11.3 Å². The molecule has 2 aromatic rings. The predicted molar refractivity (Wildman–Crippen MR) is 73.2 cm³/mol. The van der Waals surface area contributed by atoms with E-state index in [9.17, 15) is 4.39 Å². The van der Waals surface area contributed by atoms with Gasteiger partial charge in [-0.25, -0.2) is 4.39 Å². The fraction of sp³-hybridized carbons (Fsp3) is 0.0667. The zero-order valence-electron chi connectivity index (χ0n) is 9.34. The van der Waals surface area contributed by atoms with Gasteiger partial charge in [0.05, 0.1) is 0 Å². The molecule has 0 amide bonds. The molecule has 0 aromatic heterocycles. The minimum Gasteiger partial charge on any atom is -0.207 e. The van der Waals surface area contributed by atoms with Gasteiger partial charge in [0.25, 0.3) is 0 Å². The molecular weight excluding hydrogens is 231 g/mol. The summed E-state index contributed by atoms with van der Waals surface area (Å²) in [6, 6.07) is 16.8. The molecule has 0 N–H and O–H groups in total. The highest BCUT2D eigenvalue weighted by Crippen LogP contribution is 2.15. The third-order valence-electron chi connectivity index (χ3n) is 2.32. The number of halogens is 1. The summed E-state index contributed by atoms with van der Waals surface area (Å²) in [4.78, 5) is 0. The molecule has 2 rings (SSSR count). The van der Waals surface area contributed by atoms with Crippen molar-refractivity contribution in [3.05, 3.63) is 76.9 Å². The molecule has 0 heterocycles. The lowest BCUT2D eigenvalue weighted by atomic mass is 10.2. The molecule has 0 bridgehead atoms. The van der Waals surface area contributed by atoms with Crippen molar-refractivity contribution in [2.45, 2.75) is 5.75 Å². The van der Waals surface area contributed by atoms with E-state index in [1.807, 2.05) is 29.7 Å². The molecule has 2 aromatic carbocycles. The van der Waals surface area contributed by atoms with Crippen LogP contribution in [0.5, 0.6) is 0 Å². The van der Waals surface area contributed by atoms with E-state index < -0.39 is 0 Å². The summed E-state index contributed by atoms with van der Waals surface area (Å²) in [6.45, 7) is 0. The Morgan fingerprint density at radius 1 is 0.941 bits per heavy atom. The van der Waals surface area contributed by atoms with E-state index in [1.54, 1.807) is 23.9 Å². The summed E-state index contributed by atoms with van der Waals surface area (Å²) in [5.41, 5.74) is 2.33. The standard InChI is InChI=1S/C15H13FS/c16-15-8-6-13(7-9-15)10-11-17-12-14-4-2-1-3-5-14/h1-11H,12H2/b11-10+. The normalized spacial score (nSPS) is 10.9. The molecule has 0 aliphatic rings. The Hall–Kier alpha value is -1.54. The van der Waals surface area contributed by atoms with Crippen molar-refractivity contribution in [3.8, 4) is 0 Å². The van der Waals surface area contributed by atoms with E-state index in [4.69, 9.17) is 0 Å². The smallest absolute Gasteiger partial charge is 0.123 e. The van der Waals surface area contributed by atoms with Crippen LogP contribution in [0.3, 0.4) is 0 Å². The van der Waals surface area contributed by atoms with Crippen LogP contribution in [0.25, 0.3) is 6.08 Å². The quantitative estimate of drug-likeness (QED) is 0.749. The zero-order chi connectivity index (χ0) is 11.9. The van der Waals surface area contributed by atoms with Gasteiger partial charge in [0.1, 0.15) is 5.82 Å². The van der Waals surface area contributed by atoms with Crippen molar-refractivity contribution in [1.29, 1.82) is 0 Å². The summed E-state index contributed by atoms with van der Waals surface area (Å²) in [5.74, 6) is 0.762. The molecule has 0 aliphatic heterocycles. The fourth-order valence-corrected chi connectivity index (χ4v) is 2.15. The minimum absolute atomic E-state index is 0.195. The highest BCUT2D eigenvalue weighted by Gasteiger charge is 1.90. The molecule has 0 fully saturated rings. The van der Waals surface area contributed by atoms with Crippen LogP contribution in [-0.4, -0.2) is 0 Å². The maximum atomic E-state index is 12.7. The molecule has 0 saturated carbocycles. The van der Waals surface area contributed by atoms with Gasteiger partial charge in [-0.1, -0.05) is 42.5 Å². The third-order valence-corrected chi connectivity index (χ3v) is 3.15. The molecule has 0 atom stereocenters. The second-order valence-corrected chi connectivity index (χ2v) is 4.55. The highest BCUT2D eigenvalue weighted by molar-refractivity contribution is 8.01. The van der Waals surface area contributed by atoms with Gasteiger partial charge in [-0.2, -0.15) is 0 Å². The first-order chi connectivity index (χ1) is 8.34. The Kier molecular flexibility index (Phi) is 4.39. The molecular formula is C15H13FS. The van der Waals surface area contributed by atoms with Crippen LogP contribution in [0.1, 0.15) is 11.1 Å². The molecule has 0 radical (unpaired) electrons. The average molecular weight is 244 g/mol. The Balaban J connectivity index is 1.84. The second kappa shape index (κ2) is 6.26. The average Bonchev–Trinajstić information content (AvgIpc) is 2.38. The first kappa shape index (κ1) is 11.9. The summed E-state index contributed by atoms with van der Waals surface area (Å²) in [6.07, 6.45) is 1.99. The number of hydrogen-bond donors (Lipinski definition) is 0. The molecule has 17 heavy (non-hydrogen) atoms. The van der Waals surface area contributed by atoms with Gasteiger partial charge >= 0.3 is 0 Å². The largest absolute Gasteiger partial charge is 0.207 e. The second-order valence-electron chi connectivity index (χ2n) is 3.65. The Morgan fingerprint density at radius 3 is 2.35 bits per heavy atom. The summed E-state index contributed by atoms with van der Waals surface area (Å²) in [5, 5.41) is 2.04. The van der Waals surface area contributed by atoms with Gasteiger partial charge in [-0.15, -0.1) is 11.8 Å². The molecule has 0 spiro atoms. The first-order valence-electron chi connectivity index (χ1n) is 5.42. The molecule has 0 nitrogen and oxygen atoms in total. The molecule has 0 saturated heterocycles. The van der Waals surface area contributed by atoms with Crippen LogP contribution in [0.4, 0.5) is 4.39 Å². The van der Waals surface area contributed by atoms with Crippen molar-refractivity contribution in [2.24, 2.45) is 0 Å². The van der Waals surface area contributed by atoms with Crippen molar-refractivity contribution in [2.75, 3.05) is 0 Å². The molecule has 0 aliphatic carbocycles. The maximum absolute atomic E-state index is 12.7. The Labute approximate surface area is 105 Å². The van der Waals surface area contributed by atoms with E-state index in [-0.39, 0.29) is 5.82 Å². The van der Waals surface area contributed by atoms with Crippen LogP contribution in [0.2, 0.25) is 0 Å². The fourth-order valence-electron chi connectivity index (χ4n) is 1.42. The maximum Gasteiger partial charge on any atom is 0.123 e. The SMILES string of the molecule is Fc1ccc(/C=C/SCc2ccccc2)cc1. The summed E-state index contributed by atoms with van der Waals surface area (Å²) >= 11 is 1.73. The van der Waals surface area contributed by atoms with Crippen LogP contribution < -0.4 is 0 Å². The topological polar surface area (TPSA) is 0 Å². The van der Waals surface area contributed by atoms with E-state index in [2.05, 4.69) is 12.1 Å². The number of rotatable bonds is 4. The predicted octanol–water partition coefficient (Wildman–Crippen LogP) is 4.73. The van der Waals surface area contributed by atoms with Gasteiger partial charge in [-0.3, -0.25) is 0 Å². The lowest BCUT2D eigenvalue weighted by Crippen LogP contribution is -1.76. The number of hydrogen-bond acceptors (Lipinski definition) is 1. The van der Waals surface area contributed by atoms with E-state index >= 15 is 0 Å². The van der Waals surface area contributed by atoms with E-state index in [0.29, 0.717) is 0 Å². The minimum atomic E-state index is -0.195. The van der Waals surface area contributed by atoms with Crippen LogP contribution >= 0.6 is 11.8 Å². The van der Waals surface area contributed by atoms with Crippen LogP contribution in [0, 0.1) is 5.82 Å². The third kappa shape index (κ3) is 4.08. The van der Waals surface area contributed by atoms with Gasteiger partial charge < -0.3 is 0 Å². The Morgan fingerprint density at radius 2 is 1.65 bits per heavy atom. The summed E-state index contributed by atoms with van der Waals surface area (Å²) in [7, 11) is 0. The van der Waals surface area contributed by atoms with Crippen molar-refractivity contribution < 1.29 is 4.39 Å². The zero-order valence-corrected chi connectivity index (χ0v) is 10.2. The lowest BCUT2D eigenvalue weighted by molar-refractivity contribution is 0.628. The highest BCUT2D eigenvalue weighted by atomic mass is 32.2. The van der Waals surface area contributed by atoms with Crippen LogP contribution in [0.15, 0.2) is 60.0 Å². The Bertz CT molecular complexity index is 474. The van der Waals surface area contributed by atoms with Gasteiger partial charge in [0.15, 0.2) is 0 Å².